The smallest absolute Gasteiger partial charge is 0.0250 e. The van der Waals surface area contributed by atoms with Crippen molar-refractivity contribution in [3.8, 4) is 0 Å². The van der Waals surface area contributed by atoms with Gasteiger partial charge in [0, 0.05) is 44.8 Å². The summed E-state index contributed by atoms with van der Waals surface area (Å²) >= 11 is 0. The lowest BCUT2D eigenvalue weighted by Crippen LogP contribution is -2.57. The highest BCUT2D eigenvalue weighted by Gasteiger charge is 2.32. The monoisotopic (exact) mass is 251 g/mol. The van der Waals surface area contributed by atoms with Gasteiger partial charge in [0.1, 0.15) is 0 Å². The van der Waals surface area contributed by atoms with Crippen molar-refractivity contribution in [2.75, 3.05) is 39.8 Å². The van der Waals surface area contributed by atoms with Crippen molar-refractivity contribution in [2.45, 2.75) is 50.6 Å². The molecule has 2 aliphatic carbocycles. The minimum Gasteiger partial charge on any atom is -0.315 e. The number of nitrogens with one attached hydrogen (secondary N) is 1. The Hall–Kier alpha value is -0.120. The molecule has 1 N–H and O–H groups in total. The maximum Gasteiger partial charge on any atom is 0.0250 e. The topological polar surface area (TPSA) is 18.5 Å². The molecule has 0 aromatic heterocycles. The predicted octanol–water partition coefficient (Wildman–Crippen LogP) is 1.54. The number of nitrogens with zero attached hydrogens (tertiary/aromatic N) is 2. The fourth-order valence-corrected chi connectivity index (χ4v) is 3.83. The molecule has 2 saturated carbocycles. The number of piperazine rings is 1. The van der Waals surface area contributed by atoms with Crippen molar-refractivity contribution >= 4 is 0 Å². The van der Waals surface area contributed by atoms with Crippen LogP contribution in [0.4, 0.5) is 0 Å². The standard InChI is InChI=1S/C15H29N3/c1-16-14-4-2-3-5-15(14)18-10-8-17(9-11-18)12-13-6-7-13/h13-16H,2-12H2,1H3. The number of likely N-dealkylation sites (N-methyl/N-ethyl adjacent to an activating group) is 1. The molecule has 0 amide bonds. The number of hydrogen-bond acceptors (Lipinski definition) is 3. The fourth-order valence-electron chi connectivity index (χ4n) is 3.83. The third-order valence-electron chi connectivity index (χ3n) is 5.19. The van der Waals surface area contributed by atoms with Gasteiger partial charge in [-0.1, -0.05) is 12.8 Å². The number of hydrogen-bond donors (Lipinski definition) is 1. The molecule has 3 fully saturated rings. The molecule has 1 heterocycles. The molecule has 1 aliphatic heterocycles. The van der Waals surface area contributed by atoms with Gasteiger partial charge in [0.05, 0.1) is 0 Å². The SMILES string of the molecule is CNC1CCCCC1N1CCN(CC2CC2)CC1. The number of rotatable bonds is 4. The second kappa shape index (κ2) is 5.89. The largest absolute Gasteiger partial charge is 0.315 e. The van der Waals surface area contributed by atoms with Crippen LogP contribution in [0.5, 0.6) is 0 Å². The molecule has 0 bridgehead atoms. The lowest BCUT2D eigenvalue weighted by Gasteiger charge is -2.44. The maximum absolute atomic E-state index is 3.55. The van der Waals surface area contributed by atoms with E-state index in [0.717, 1.165) is 18.0 Å². The lowest BCUT2D eigenvalue weighted by atomic mass is 9.89. The fraction of sp³-hybridized carbons (Fsp3) is 1.00. The molecule has 0 aromatic carbocycles. The molecule has 18 heavy (non-hydrogen) atoms. The van der Waals surface area contributed by atoms with Crippen LogP contribution in [0.1, 0.15) is 38.5 Å². The van der Waals surface area contributed by atoms with Crippen LogP contribution in [0.25, 0.3) is 0 Å². The summed E-state index contributed by atoms with van der Waals surface area (Å²) in [5.41, 5.74) is 0. The highest BCUT2D eigenvalue weighted by atomic mass is 15.3. The lowest BCUT2D eigenvalue weighted by molar-refractivity contribution is 0.0613. The minimum absolute atomic E-state index is 0.744. The van der Waals surface area contributed by atoms with Crippen molar-refractivity contribution in [1.82, 2.24) is 15.1 Å². The zero-order valence-electron chi connectivity index (χ0n) is 11.9. The zero-order chi connectivity index (χ0) is 12.4. The van der Waals surface area contributed by atoms with Crippen LogP contribution >= 0.6 is 0 Å². The molecule has 3 aliphatic rings. The van der Waals surface area contributed by atoms with Gasteiger partial charge in [0.2, 0.25) is 0 Å². The van der Waals surface area contributed by atoms with Gasteiger partial charge in [-0.2, -0.15) is 0 Å². The van der Waals surface area contributed by atoms with E-state index >= 15 is 0 Å². The first-order valence-electron chi connectivity index (χ1n) is 8.00. The van der Waals surface area contributed by atoms with E-state index in [4.69, 9.17) is 0 Å². The van der Waals surface area contributed by atoms with Gasteiger partial charge in [0.25, 0.3) is 0 Å². The van der Waals surface area contributed by atoms with E-state index in [1.54, 1.807) is 0 Å². The second-order valence-electron chi connectivity index (χ2n) is 6.53. The molecule has 0 aromatic rings. The first-order chi connectivity index (χ1) is 8.86. The Bertz CT molecular complexity index is 256. The van der Waals surface area contributed by atoms with Crippen LogP contribution in [0.15, 0.2) is 0 Å². The first-order valence-corrected chi connectivity index (χ1v) is 8.00. The van der Waals surface area contributed by atoms with Crippen molar-refractivity contribution < 1.29 is 0 Å². The Morgan fingerprint density at radius 1 is 0.944 bits per heavy atom. The molecule has 3 rings (SSSR count). The van der Waals surface area contributed by atoms with Crippen molar-refractivity contribution in [2.24, 2.45) is 5.92 Å². The van der Waals surface area contributed by atoms with Gasteiger partial charge in [-0.3, -0.25) is 4.90 Å². The van der Waals surface area contributed by atoms with E-state index in [1.165, 1.54) is 71.2 Å². The van der Waals surface area contributed by atoms with E-state index in [1.807, 2.05) is 0 Å². The quantitative estimate of drug-likeness (QED) is 0.818. The molecule has 2 atom stereocenters. The Morgan fingerprint density at radius 2 is 1.67 bits per heavy atom. The van der Waals surface area contributed by atoms with E-state index < -0.39 is 0 Å². The van der Waals surface area contributed by atoms with Gasteiger partial charge < -0.3 is 10.2 Å². The van der Waals surface area contributed by atoms with Crippen molar-refractivity contribution in [3.63, 3.8) is 0 Å². The maximum atomic E-state index is 3.55. The van der Waals surface area contributed by atoms with Gasteiger partial charge in [-0.05, 0) is 38.6 Å². The molecule has 0 radical (unpaired) electrons. The Balaban J connectivity index is 1.48. The Labute approximate surface area is 112 Å². The van der Waals surface area contributed by atoms with Crippen LogP contribution < -0.4 is 5.32 Å². The van der Waals surface area contributed by atoms with Crippen LogP contribution in [0.2, 0.25) is 0 Å². The summed E-state index contributed by atoms with van der Waals surface area (Å²) in [4.78, 5) is 5.47. The molecular weight excluding hydrogens is 222 g/mol. The summed E-state index contributed by atoms with van der Waals surface area (Å²) in [7, 11) is 2.15. The molecular formula is C15H29N3. The molecule has 104 valence electrons. The highest BCUT2D eigenvalue weighted by molar-refractivity contribution is 4.90. The predicted molar refractivity (Wildman–Crippen MR) is 75.8 cm³/mol. The summed E-state index contributed by atoms with van der Waals surface area (Å²) in [5.74, 6) is 1.05. The molecule has 1 saturated heterocycles. The average molecular weight is 251 g/mol. The van der Waals surface area contributed by atoms with Crippen molar-refractivity contribution in [3.05, 3.63) is 0 Å². The van der Waals surface area contributed by atoms with E-state index in [2.05, 4.69) is 22.2 Å². The van der Waals surface area contributed by atoms with E-state index in [9.17, 15) is 0 Å². The Kier molecular flexibility index (Phi) is 4.22. The van der Waals surface area contributed by atoms with Gasteiger partial charge in [-0.25, -0.2) is 0 Å². The zero-order valence-corrected chi connectivity index (χ0v) is 11.9. The second-order valence-corrected chi connectivity index (χ2v) is 6.53. The van der Waals surface area contributed by atoms with Crippen LogP contribution in [0, 0.1) is 5.92 Å². The molecule has 3 nitrogen and oxygen atoms in total. The third-order valence-corrected chi connectivity index (χ3v) is 5.19. The third kappa shape index (κ3) is 3.06. The summed E-state index contributed by atoms with van der Waals surface area (Å²) in [6.07, 6.45) is 8.63. The van der Waals surface area contributed by atoms with Crippen LogP contribution in [-0.4, -0.2) is 61.7 Å². The molecule has 2 unspecified atom stereocenters. The minimum atomic E-state index is 0.744. The van der Waals surface area contributed by atoms with Crippen LogP contribution in [-0.2, 0) is 0 Å². The van der Waals surface area contributed by atoms with Crippen LogP contribution in [0.3, 0.4) is 0 Å². The summed E-state index contributed by atoms with van der Waals surface area (Å²) in [5, 5.41) is 3.55. The first kappa shape index (κ1) is 12.9. The molecule has 3 heteroatoms. The summed E-state index contributed by atoms with van der Waals surface area (Å²) in [6, 6.07) is 1.56. The highest BCUT2D eigenvalue weighted by Crippen LogP contribution is 2.30. The van der Waals surface area contributed by atoms with Gasteiger partial charge in [0.15, 0.2) is 0 Å². The van der Waals surface area contributed by atoms with E-state index in [-0.39, 0.29) is 0 Å². The van der Waals surface area contributed by atoms with Gasteiger partial charge >= 0.3 is 0 Å². The normalized spacial score (nSPS) is 35.8. The van der Waals surface area contributed by atoms with Crippen molar-refractivity contribution in [1.29, 1.82) is 0 Å². The summed E-state index contributed by atoms with van der Waals surface area (Å²) < 4.78 is 0. The van der Waals surface area contributed by atoms with Gasteiger partial charge in [-0.15, -0.1) is 0 Å². The van der Waals surface area contributed by atoms with E-state index in [0.29, 0.717) is 0 Å². The average Bonchev–Trinajstić information content (AvgIpc) is 3.24. The summed E-state index contributed by atoms with van der Waals surface area (Å²) in [6.45, 7) is 6.60. The Morgan fingerprint density at radius 3 is 2.33 bits per heavy atom. The molecule has 0 spiro atoms.